The molecule has 0 aromatic rings. The molecule has 34 heavy (non-hydrogen) atoms. The quantitative estimate of drug-likeness (QED) is 0.0411. The monoisotopic (exact) mass is 706 g/mol. The molecule has 0 aliphatic carbocycles. The van der Waals surface area contributed by atoms with Crippen LogP contribution in [0.15, 0.2) is 0 Å². The van der Waals surface area contributed by atoms with E-state index < -0.39 is 0 Å². The third-order valence-electron chi connectivity index (χ3n) is 6.26. The van der Waals surface area contributed by atoms with Gasteiger partial charge in [0.15, 0.2) is 0 Å². The van der Waals surface area contributed by atoms with E-state index in [1.807, 2.05) is 13.8 Å². The van der Waals surface area contributed by atoms with Gasteiger partial charge in [0.05, 0.1) is 13.2 Å². The van der Waals surface area contributed by atoms with E-state index in [4.69, 9.17) is 9.47 Å². The molecule has 0 saturated heterocycles. The van der Waals surface area contributed by atoms with Gasteiger partial charge in [0, 0.05) is 0 Å². The molecule has 4 nitrogen and oxygen atoms in total. The van der Waals surface area contributed by atoms with Gasteiger partial charge in [-0.1, -0.05) is 162 Å². The fourth-order valence-corrected chi connectivity index (χ4v) is 4.25. The second kappa shape index (κ2) is 26.5. The molecule has 0 amide bonds. The maximum atomic E-state index is 11.6. The van der Waals surface area contributed by atoms with E-state index in [9.17, 15) is 9.59 Å². The molecule has 0 aliphatic rings. The van der Waals surface area contributed by atoms with Crippen molar-refractivity contribution < 1.29 is 19.1 Å². The Labute approximate surface area is 238 Å². The first-order valence-electron chi connectivity index (χ1n) is 14.1. The molecule has 0 aromatic heterocycles. The lowest BCUT2D eigenvalue weighted by Gasteiger charge is -2.08. The van der Waals surface area contributed by atoms with Crippen LogP contribution in [0.3, 0.4) is 0 Å². The molecule has 0 aromatic carbocycles. The number of esters is 2. The summed E-state index contributed by atoms with van der Waals surface area (Å²) in [5, 5.41) is 0. The summed E-state index contributed by atoms with van der Waals surface area (Å²) < 4.78 is 10.6. The molecule has 2 atom stereocenters. The SMILES string of the molecule is CCC(I)C(=O)OCCCCCCCCCCCCCCCCCCCCOC(=O)C(I)CC. The highest BCUT2D eigenvalue weighted by Gasteiger charge is 2.13. The van der Waals surface area contributed by atoms with Gasteiger partial charge in [0.1, 0.15) is 7.85 Å². The number of unbranched alkanes of at least 4 members (excludes halogenated alkanes) is 17. The Morgan fingerprint density at radius 3 is 0.882 bits per heavy atom. The van der Waals surface area contributed by atoms with Crippen molar-refractivity contribution in [3.8, 4) is 0 Å². The van der Waals surface area contributed by atoms with E-state index in [0.29, 0.717) is 13.2 Å². The predicted molar refractivity (Wildman–Crippen MR) is 161 cm³/mol. The highest BCUT2D eigenvalue weighted by molar-refractivity contribution is 14.1. The molecule has 0 bridgehead atoms. The standard InChI is InChI=1S/C28H52I2O4/c1-3-25(29)27(31)33-23-21-19-17-15-13-11-9-7-5-6-8-10-12-14-16-18-20-22-24-34-28(32)26(30)4-2/h25-26H,3-24H2,1-2H3. The van der Waals surface area contributed by atoms with E-state index in [0.717, 1.165) is 25.7 Å². The van der Waals surface area contributed by atoms with Crippen LogP contribution in [0.2, 0.25) is 0 Å². The maximum Gasteiger partial charge on any atom is 0.318 e. The van der Waals surface area contributed by atoms with Gasteiger partial charge < -0.3 is 9.47 Å². The summed E-state index contributed by atoms with van der Waals surface area (Å²) in [5.41, 5.74) is 0. The summed E-state index contributed by atoms with van der Waals surface area (Å²) >= 11 is 4.32. The van der Waals surface area contributed by atoms with Gasteiger partial charge in [-0.15, -0.1) is 0 Å². The zero-order valence-electron chi connectivity index (χ0n) is 22.1. The Morgan fingerprint density at radius 2 is 0.676 bits per heavy atom. The van der Waals surface area contributed by atoms with Gasteiger partial charge in [-0.05, 0) is 25.7 Å². The third-order valence-corrected chi connectivity index (χ3v) is 9.03. The number of hydrogen-bond donors (Lipinski definition) is 0. The average molecular weight is 707 g/mol. The minimum Gasteiger partial charge on any atom is -0.465 e. The van der Waals surface area contributed by atoms with E-state index in [1.54, 1.807) is 0 Å². The molecule has 0 aliphatic heterocycles. The molecule has 2 unspecified atom stereocenters. The fraction of sp³-hybridized carbons (Fsp3) is 0.929. The maximum absolute atomic E-state index is 11.6. The van der Waals surface area contributed by atoms with Crippen LogP contribution in [0.25, 0.3) is 0 Å². The van der Waals surface area contributed by atoms with Crippen LogP contribution in [0, 0.1) is 0 Å². The zero-order chi connectivity index (χ0) is 25.3. The lowest BCUT2D eigenvalue weighted by Crippen LogP contribution is -2.16. The highest BCUT2D eigenvalue weighted by Crippen LogP contribution is 2.15. The Kier molecular flexibility index (Phi) is 26.8. The minimum atomic E-state index is -0.0483. The molecular weight excluding hydrogens is 654 g/mol. The zero-order valence-corrected chi connectivity index (χ0v) is 26.4. The third kappa shape index (κ3) is 22.8. The Bertz CT molecular complexity index is 431. The number of rotatable bonds is 25. The second-order valence-electron chi connectivity index (χ2n) is 9.45. The summed E-state index contributed by atoms with van der Waals surface area (Å²) in [6.45, 7) is 5.22. The van der Waals surface area contributed by atoms with Gasteiger partial charge in [-0.25, -0.2) is 0 Å². The first kappa shape index (κ1) is 34.4. The predicted octanol–water partition coefficient (Wildman–Crippen LogP) is 9.52. The van der Waals surface area contributed by atoms with Crippen LogP contribution < -0.4 is 0 Å². The molecule has 6 heteroatoms. The average Bonchev–Trinajstić information content (AvgIpc) is 2.85. The van der Waals surface area contributed by atoms with Crippen LogP contribution in [0.1, 0.15) is 142 Å². The summed E-state index contributed by atoms with van der Waals surface area (Å²) in [6.07, 6.45) is 25.1. The Morgan fingerprint density at radius 1 is 0.471 bits per heavy atom. The Hall–Kier alpha value is 0.400. The number of hydrogen-bond acceptors (Lipinski definition) is 4. The summed E-state index contributed by atoms with van der Waals surface area (Å²) in [4.78, 5) is 23.1. The topological polar surface area (TPSA) is 52.6 Å². The number of halogens is 2. The number of ether oxygens (including phenoxy) is 2. The van der Waals surface area contributed by atoms with Crippen molar-refractivity contribution in [1.29, 1.82) is 0 Å². The molecule has 0 radical (unpaired) electrons. The molecular formula is C28H52I2O4. The lowest BCUT2D eigenvalue weighted by atomic mass is 10.0. The number of carbonyl (C=O) groups is 2. The summed E-state index contributed by atoms with van der Waals surface area (Å²) in [6, 6.07) is 0. The van der Waals surface area contributed by atoms with Crippen molar-refractivity contribution in [3.05, 3.63) is 0 Å². The van der Waals surface area contributed by atoms with Gasteiger partial charge in [0.2, 0.25) is 0 Å². The van der Waals surface area contributed by atoms with E-state index in [-0.39, 0.29) is 19.8 Å². The highest BCUT2D eigenvalue weighted by atomic mass is 127. The second-order valence-corrected chi connectivity index (χ2v) is 12.5. The smallest absolute Gasteiger partial charge is 0.318 e. The fourth-order valence-electron chi connectivity index (χ4n) is 3.89. The van der Waals surface area contributed by atoms with Gasteiger partial charge in [-0.2, -0.15) is 0 Å². The van der Waals surface area contributed by atoms with E-state index >= 15 is 0 Å². The van der Waals surface area contributed by atoms with Crippen molar-refractivity contribution in [2.75, 3.05) is 13.2 Å². The number of alkyl halides is 2. The molecule has 0 rings (SSSR count). The number of carbonyl (C=O) groups excluding carboxylic acids is 2. The normalized spacial score (nSPS) is 12.9. The van der Waals surface area contributed by atoms with Crippen molar-refractivity contribution in [2.24, 2.45) is 0 Å². The van der Waals surface area contributed by atoms with Crippen LogP contribution in [-0.2, 0) is 19.1 Å². The van der Waals surface area contributed by atoms with Gasteiger partial charge >= 0.3 is 11.9 Å². The molecule has 202 valence electrons. The van der Waals surface area contributed by atoms with Crippen molar-refractivity contribution in [3.63, 3.8) is 0 Å². The van der Waals surface area contributed by atoms with Crippen LogP contribution in [0.5, 0.6) is 0 Å². The summed E-state index contributed by atoms with van der Waals surface area (Å²) in [5.74, 6) is -0.0966. The minimum absolute atomic E-state index is 0.0122. The molecule has 0 N–H and O–H groups in total. The van der Waals surface area contributed by atoms with Gasteiger partial charge in [0.25, 0.3) is 0 Å². The molecule has 0 spiro atoms. The molecule has 0 heterocycles. The molecule has 0 fully saturated rings. The van der Waals surface area contributed by atoms with Crippen molar-refractivity contribution in [1.82, 2.24) is 0 Å². The van der Waals surface area contributed by atoms with Crippen LogP contribution in [0.4, 0.5) is 0 Å². The van der Waals surface area contributed by atoms with Crippen LogP contribution in [-0.4, -0.2) is 33.0 Å². The summed E-state index contributed by atoms with van der Waals surface area (Å²) in [7, 11) is 0. The molecule has 0 saturated carbocycles. The van der Waals surface area contributed by atoms with E-state index in [2.05, 4.69) is 45.2 Å². The van der Waals surface area contributed by atoms with Gasteiger partial charge in [-0.3, -0.25) is 9.59 Å². The first-order chi connectivity index (χ1) is 16.5. The van der Waals surface area contributed by atoms with Crippen LogP contribution >= 0.6 is 45.2 Å². The largest absolute Gasteiger partial charge is 0.465 e. The Balaban J connectivity index is 3.15. The lowest BCUT2D eigenvalue weighted by molar-refractivity contribution is -0.143. The van der Waals surface area contributed by atoms with Crippen molar-refractivity contribution in [2.45, 2.75) is 150 Å². The van der Waals surface area contributed by atoms with Crippen molar-refractivity contribution >= 4 is 57.1 Å². The first-order valence-corrected chi connectivity index (χ1v) is 16.6. The van der Waals surface area contributed by atoms with E-state index in [1.165, 1.54) is 103 Å².